The van der Waals surface area contributed by atoms with E-state index < -0.39 is 0 Å². The van der Waals surface area contributed by atoms with E-state index in [1.165, 1.54) is 11.1 Å². The second kappa shape index (κ2) is 11.6. The van der Waals surface area contributed by atoms with Gasteiger partial charge in [0.25, 0.3) is 0 Å². The molecule has 1 unspecified atom stereocenters. The standard InChI is InChI=1S/C29H34Cl2N4O3/c1-4-37-29(36)18-9-11-35(12-10-18)16-20-6-5-19-13-22(7-8-23(19)25(20)30)38-26(17(2)3)21-14-24-27(31)33-34-28(24)32-15-21/h7-8,13-15,17-18,26H,4-6,9-12,16H2,1-3H3,(H,32,33,34). The van der Waals surface area contributed by atoms with Gasteiger partial charge in [-0.1, -0.05) is 37.0 Å². The van der Waals surface area contributed by atoms with Crippen LogP contribution in [-0.4, -0.2) is 52.3 Å². The number of aryl methyl sites for hydroxylation is 1. The van der Waals surface area contributed by atoms with E-state index in [4.69, 9.17) is 32.7 Å². The van der Waals surface area contributed by atoms with Gasteiger partial charge in [-0.2, -0.15) is 5.10 Å². The number of H-pyrrole nitrogens is 1. The van der Waals surface area contributed by atoms with Crippen molar-refractivity contribution in [1.29, 1.82) is 0 Å². The normalized spacial score (nSPS) is 17.6. The van der Waals surface area contributed by atoms with Gasteiger partial charge in [0.2, 0.25) is 0 Å². The molecule has 1 aliphatic heterocycles. The molecule has 0 amide bonds. The molecule has 1 fully saturated rings. The zero-order valence-electron chi connectivity index (χ0n) is 22.1. The van der Waals surface area contributed by atoms with Crippen molar-refractivity contribution in [2.24, 2.45) is 11.8 Å². The Hall–Kier alpha value is -2.61. The van der Waals surface area contributed by atoms with Crippen LogP contribution in [0.15, 0.2) is 36.0 Å². The van der Waals surface area contributed by atoms with E-state index in [9.17, 15) is 4.79 Å². The molecule has 1 saturated heterocycles. The fraction of sp³-hybridized carbons (Fsp3) is 0.483. The lowest BCUT2D eigenvalue weighted by molar-refractivity contribution is -0.149. The summed E-state index contributed by atoms with van der Waals surface area (Å²) in [5, 5.41) is 9.00. The highest BCUT2D eigenvalue weighted by Crippen LogP contribution is 2.38. The summed E-state index contributed by atoms with van der Waals surface area (Å²) in [4.78, 5) is 18.9. The predicted octanol–water partition coefficient (Wildman–Crippen LogP) is 6.56. The molecule has 0 spiro atoms. The Morgan fingerprint density at radius 1 is 1.18 bits per heavy atom. The molecular weight excluding hydrogens is 523 g/mol. The number of fused-ring (bicyclic) bond motifs is 2. The fourth-order valence-electron chi connectivity index (χ4n) is 5.43. The number of ether oxygens (including phenoxy) is 2. The Morgan fingerprint density at radius 3 is 2.71 bits per heavy atom. The highest BCUT2D eigenvalue weighted by molar-refractivity contribution is 6.49. The van der Waals surface area contributed by atoms with E-state index in [1.54, 1.807) is 0 Å². The van der Waals surface area contributed by atoms with Crippen LogP contribution in [0.3, 0.4) is 0 Å². The number of halogens is 2. The number of hydrogen-bond acceptors (Lipinski definition) is 6. The topological polar surface area (TPSA) is 80.3 Å². The first-order valence-corrected chi connectivity index (χ1v) is 14.2. The third kappa shape index (κ3) is 5.70. The van der Waals surface area contributed by atoms with Gasteiger partial charge in [0.15, 0.2) is 5.65 Å². The van der Waals surface area contributed by atoms with Crippen LogP contribution in [0, 0.1) is 11.8 Å². The molecule has 1 aliphatic carbocycles. The minimum absolute atomic E-state index is 0.0187. The summed E-state index contributed by atoms with van der Waals surface area (Å²) in [5.74, 6) is 0.995. The zero-order chi connectivity index (χ0) is 26.8. The monoisotopic (exact) mass is 556 g/mol. The Bertz CT molecular complexity index is 1340. The van der Waals surface area contributed by atoms with Crippen LogP contribution in [0.1, 0.15) is 62.8 Å². The predicted molar refractivity (Wildman–Crippen MR) is 150 cm³/mol. The summed E-state index contributed by atoms with van der Waals surface area (Å²) in [6.07, 6.45) is 5.14. The van der Waals surface area contributed by atoms with Crippen molar-refractivity contribution in [3.63, 3.8) is 0 Å². The van der Waals surface area contributed by atoms with Gasteiger partial charge in [0.1, 0.15) is 17.0 Å². The second-order valence-electron chi connectivity index (χ2n) is 10.5. The number of benzene rings is 1. The second-order valence-corrected chi connectivity index (χ2v) is 11.3. The molecule has 7 nitrogen and oxygen atoms in total. The minimum Gasteiger partial charge on any atom is -0.485 e. The molecule has 38 heavy (non-hydrogen) atoms. The van der Waals surface area contributed by atoms with Gasteiger partial charge in [0, 0.05) is 23.3 Å². The average molecular weight is 558 g/mol. The lowest BCUT2D eigenvalue weighted by atomic mass is 9.90. The molecule has 0 saturated carbocycles. The van der Waals surface area contributed by atoms with Gasteiger partial charge < -0.3 is 9.47 Å². The Labute approximate surface area is 233 Å². The van der Waals surface area contributed by atoms with Gasteiger partial charge >= 0.3 is 5.97 Å². The number of nitrogens with zero attached hydrogens (tertiary/aromatic N) is 3. The van der Waals surface area contributed by atoms with Crippen LogP contribution in [0.5, 0.6) is 5.75 Å². The molecule has 2 aliphatic rings. The van der Waals surface area contributed by atoms with Crippen molar-refractivity contribution >= 4 is 45.2 Å². The van der Waals surface area contributed by atoms with Gasteiger partial charge in [-0.15, -0.1) is 0 Å². The van der Waals surface area contributed by atoms with Crippen molar-refractivity contribution in [2.45, 2.75) is 52.6 Å². The number of esters is 1. The molecule has 3 aromatic rings. The van der Waals surface area contributed by atoms with E-state index in [1.807, 2.05) is 25.3 Å². The highest BCUT2D eigenvalue weighted by Gasteiger charge is 2.28. The number of likely N-dealkylation sites (tertiary alicyclic amines) is 1. The number of nitrogens with one attached hydrogen (secondary N) is 1. The van der Waals surface area contributed by atoms with E-state index in [-0.39, 0.29) is 23.9 Å². The fourth-order valence-corrected chi connectivity index (χ4v) is 5.95. The largest absolute Gasteiger partial charge is 0.485 e. The zero-order valence-corrected chi connectivity index (χ0v) is 23.6. The van der Waals surface area contributed by atoms with Gasteiger partial charge in [-0.3, -0.25) is 14.8 Å². The lowest BCUT2D eigenvalue weighted by Crippen LogP contribution is -2.38. The Kier molecular flexibility index (Phi) is 8.26. The minimum atomic E-state index is -0.182. The molecule has 0 radical (unpaired) electrons. The highest BCUT2D eigenvalue weighted by atomic mass is 35.5. The molecule has 1 atom stereocenters. The van der Waals surface area contributed by atoms with Crippen molar-refractivity contribution in [3.8, 4) is 5.75 Å². The van der Waals surface area contributed by atoms with Gasteiger partial charge in [-0.25, -0.2) is 4.98 Å². The summed E-state index contributed by atoms with van der Waals surface area (Å²) in [6.45, 7) is 9.18. The van der Waals surface area contributed by atoms with Crippen LogP contribution in [0.2, 0.25) is 5.15 Å². The molecule has 1 N–H and O–H groups in total. The first kappa shape index (κ1) is 27.0. The number of aromatic amines is 1. The van der Waals surface area contributed by atoms with Crippen LogP contribution in [0.4, 0.5) is 0 Å². The maximum atomic E-state index is 12.1. The van der Waals surface area contributed by atoms with Crippen LogP contribution in [0.25, 0.3) is 16.1 Å². The number of carbonyl (C=O) groups is 1. The van der Waals surface area contributed by atoms with E-state index >= 15 is 0 Å². The number of rotatable bonds is 8. The van der Waals surface area contributed by atoms with E-state index in [0.29, 0.717) is 17.4 Å². The third-order valence-electron chi connectivity index (χ3n) is 7.52. The number of hydrogen-bond donors (Lipinski definition) is 1. The summed E-state index contributed by atoms with van der Waals surface area (Å²) < 4.78 is 11.7. The molecule has 0 bridgehead atoms. The number of aromatic nitrogens is 3. The maximum Gasteiger partial charge on any atom is 0.309 e. The number of piperidine rings is 1. The molecule has 2 aromatic heterocycles. The van der Waals surface area contributed by atoms with Crippen molar-refractivity contribution < 1.29 is 14.3 Å². The summed E-state index contributed by atoms with van der Waals surface area (Å²) in [5.41, 5.74) is 5.09. The quantitative estimate of drug-likeness (QED) is 0.316. The average Bonchev–Trinajstić information content (AvgIpc) is 3.29. The molecule has 202 valence electrons. The van der Waals surface area contributed by atoms with E-state index in [2.05, 4.69) is 46.1 Å². The van der Waals surface area contributed by atoms with Gasteiger partial charge in [-0.05, 0) is 92.6 Å². The number of carbonyl (C=O) groups excluding carboxylic acids is 1. The Balaban J connectivity index is 1.28. The summed E-state index contributed by atoms with van der Waals surface area (Å²) in [7, 11) is 0. The molecule has 9 heteroatoms. The van der Waals surface area contributed by atoms with E-state index in [0.717, 1.165) is 72.6 Å². The van der Waals surface area contributed by atoms with Crippen LogP contribution >= 0.6 is 23.2 Å². The van der Waals surface area contributed by atoms with Crippen molar-refractivity contribution in [1.82, 2.24) is 20.1 Å². The lowest BCUT2D eigenvalue weighted by Gasteiger charge is -2.32. The summed E-state index contributed by atoms with van der Waals surface area (Å²) in [6, 6.07) is 8.19. The molecule has 5 rings (SSSR count). The maximum absolute atomic E-state index is 12.1. The summed E-state index contributed by atoms with van der Waals surface area (Å²) >= 11 is 13.2. The van der Waals surface area contributed by atoms with Crippen LogP contribution < -0.4 is 4.74 Å². The van der Waals surface area contributed by atoms with Gasteiger partial charge in [0.05, 0.1) is 17.9 Å². The van der Waals surface area contributed by atoms with Crippen molar-refractivity contribution in [2.75, 3.05) is 26.2 Å². The third-order valence-corrected chi connectivity index (χ3v) is 8.28. The first-order chi connectivity index (χ1) is 18.3. The number of pyridine rings is 1. The molecule has 3 heterocycles. The Morgan fingerprint density at radius 2 is 1.97 bits per heavy atom. The first-order valence-electron chi connectivity index (χ1n) is 13.4. The molecule has 1 aromatic carbocycles. The smallest absolute Gasteiger partial charge is 0.309 e. The SMILES string of the molecule is CCOC(=O)C1CCN(CC2=C(Cl)c3ccc(OC(c4cnc5n[nH]c(Cl)c5c4)C(C)C)cc3CC2)CC1. The van der Waals surface area contributed by atoms with Crippen molar-refractivity contribution in [3.05, 3.63) is 57.9 Å². The molecular formula is C29H34Cl2N4O3. The van der Waals surface area contributed by atoms with Crippen LogP contribution in [-0.2, 0) is 16.0 Å².